The zero-order chi connectivity index (χ0) is 23.9. The van der Waals surface area contributed by atoms with Gasteiger partial charge in [0.15, 0.2) is 6.61 Å². The maximum atomic E-state index is 13.3. The van der Waals surface area contributed by atoms with Crippen molar-refractivity contribution in [3.8, 4) is 5.75 Å². The summed E-state index contributed by atoms with van der Waals surface area (Å²) in [5.41, 5.74) is 3.26. The number of hydrogen-bond acceptors (Lipinski definition) is 3. The van der Waals surface area contributed by atoms with Gasteiger partial charge in [-0.2, -0.15) is 0 Å². The Labute approximate surface area is 200 Å². The highest BCUT2D eigenvalue weighted by Crippen LogP contribution is 2.28. The zero-order valence-electron chi connectivity index (χ0n) is 19.5. The van der Waals surface area contributed by atoms with E-state index >= 15 is 0 Å². The van der Waals surface area contributed by atoms with Gasteiger partial charge >= 0.3 is 0 Å². The number of rotatable bonds is 8. The lowest BCUT2D eigenvalue weighted by atomic mass is 10.1. The third kappa shape index (κ3) is 5.26. The number of nitrogens with zero attached hydrogens (tertiary/aromatic N) is 1. The van der Waals surface area contributed by atoms with Crippen molar-refractivity contribution in [1.82, 2.24) is 0 Å². The fourth-order valence-corrected chi connectivity index (χ4v) is 3.89. The molecule has 0 aliphatic carbocycles. The second kappa shape index (κ2) is 10.7. The molecule has 172 valence electrons. The molecule has 34 heavy (non-hydrogen) atoms. The monoisotopic (exact) mass is 452 g/mol. The first-order chi connectivity index (χ1) is 16.6. The molecule has 0 unspecified atom stereocenters. The number of amides is 2. The smallest absolute Gasteiger partial charge is 0.262 e. The molecular formula is C29H28N2O3. The molecule has 1 N–H and O–H groups in total. The van der Waals surface area contributed by atoms with Gasteiger partial charge in [0.25, 0.3) is 11.8 Å². The van der Waals surface area contributed by atoms with Crippen molar-refractivity contribution in [2.24, 2.45) is 0 Å². The molecule has 0 saturated carbocycles. The van der Waals surface area contributed by atoms with Gasteiger partial charge in [-0.25, -0.2) is 0 Å². The molecule has 0 aromatic heterocycles. The Balaban J connectivity index is 1.40. The topological polar surface area (TPSA) is 58.6 Å². The minimum absolute atomic E-state index is 0.0865. The van der Waals surface area contributed by atoms with Crippen LogP contribution in [-0.2, 0) is 11.2 Å². The summed E-state index contributed by atoms with van der Waals surface area (Å²) in [7, 11) is 0. The number of carbonyl (C=O) groups excluding carboxylic acids is 2. The Kier molecular flexibility index (Phi) is 7.23. The van der Waals surface area contributed by atoms with Crippen LogP contribution < -0.4 is 15.0 Å². The van der Waals surface area contributed by atoms with Crippen LogP contribution in [0.1, 0.15) is 29.8 Å². The van der Waals surface area contributed by atoms with Crippen LogP contribution in [0.4, 0.5) is 11.4 Å². The lowest BCUT2D eigenvalue weighted by molar-refractivity contribution is -0.118. The zero-order valence-corrected chi connectivity index (χ0v) is 19.5. The Morgan fingerprint density at radius 3 is 2.24 bits per heavy atom. The van der Waals surface area contributed by atoms with Gasteiger partial charge < -0.3 is 15.0 Å². The van der Waals surface area contributed by atoms with E-state index in [4.69, 9.17) is 4.74 Å². The van der Waals surface area contributed by atoms with Gasteiger partial charge in [-0.3, -0.25) is 9.59 Å². The first-order valence-electron chi connectivity index (χ1n) is 11.5. The van der Waals surface area contributed by atoms with Crippen LogP contribution in [0.5, 0.6) is 5.75 Å². The van der Waals surface area contributed by atoms with E-state index in [1.165, 1.54) is 5.56 Å². The second-order valence-electron chi connectivity index (χ2n) is 7.96. The Morgan fingerprint density at radius 2 is 1.53 bits per heavy atom. The van der Waals surface area contributed by atoms with E-state index in [9.17, 15) is 9.59 Å². The number of benzene rings is 4. The van der Waals surface area contributed by atoms with Crippen LogP contribution in [-0.4, -0.2) is 25.0 Å². The SMILES string of the molecule is CCc1ccc(OCC(=O)Nc2ccc(C(=O)N(CC)c3cccc4ccccc34)cc2)cc1. The quantitative estimate of drug-likeness (QED) is 0.352. The summed E-state index contributed by atoms with van der Waals surface area (Å²) < 4.78 is 5.56. The predicted molar refractivity (Wildman–Crippen MR) is 138 cm³/mol. The molecule has 0 atom stereocenters. The lowest BCUT2D eigenvalue weighted by Gasteiger charge is -2.23. The van der Waals surface area contributed by atoms with Gasteiger partial charge in [0.1, 0.15) is 5.75 Å². The number of aryl methyl sites for hydroxylation is 1. The minimum atomic E-state index is -0.260. The number of ether oxygens (including phenoxy) is 1. The van der Waals surface area contributed by atoms with Gasteiger partial charge in [-0.15, -0.1) is 0 Å². The highest BCUT2D eigenvalue weighted by atomic mass is 16.5. The second-order valence-corrected chi connectivity index (χ2v) is 7.96. The summed E-state index contributed by atoms with van der Waals surface area (Å²) in [5.74, 6) is 0.307. The lowest BCUT2D eigenvalue weighted by Crippen LogP contribution is -2.30. The van der Waals surface area contributed by atoms with Crippen molar-refractivity contribution >= 4 is 34.0 Å². The number of nitrogens with one attached hydrogen (secondary N) is 1. The highest BCUT2D eigenvalue weighted by molar-refractivity contribution is 6.11. The molecule has 0 heterocycles. The summed E-state index contributed by atoms with van der Waals surface area (Å²) in [4.78, 5) is 27.3. The fraction of sp³-hybridized carbons (Fsp3) is 0.172. The Morgan fingerprint density at radius 1 is 0.824 bits per heavy atom. The first kappa shape index (κ1) is 23.1. The minimum Gasteiger partial charge on any atom is -0.484 e. The van der Waals surface area contributed by atoms with Crippen LogP contribution in [0.3, 0.4) is 0 Å². The Hall–Kier alpha value is -4.12. The maximum Gasteiger partial charge on any atom is 0.262 e. The van der Waals surface area contributed by atoms with Gasteiger partial charge in [0.05, 0.1) is 5.69 Å². The van der Waals surface area contributed by atoms with Crippen molar-refractivity contribution in [2.75, 3.05) is 23.4 Å². The molecule has 5 heteroatoms. The van der Waals surface area contributed by atoms with E-state index in [0.29, 0.717) is 23.5 Å². The van der Waals surface area contributed by atoms with E-state index < -0.39 is 0 Å². The molecule has 0 fully saturated rings. The molecule has 5 nitrogen and oxygen atoms in total. The van der Waals surface area contributed by atoms with Crippen LogP contribution in [0, 0.1) is 0 Å². The van der Waals surface area contributed by atoms with Crippen molar-refractivity contribution in [3.63, 3.8) is 0 Å². The molecule has 4 aromatic carbocycles. The average Bonchev–Trinajstić information content (AvgIpc) is 2.88. The van der Waals surface area contributed by atoms with Crippen molar-refractivity contribution in [1.29, 1.82) is 0 Å². The van der Waals surface area contributed by atoms with Crippen LogP contribution in [0.2, 0.25) is 0 Å². The van der Waals surface area contributed by atoms with Gasteiger partial charge in [-0.1, -0.05) is 55.5 Å². The third-order valence-electron chi connectivity index (χ3n) is 5.74. The summed E-state index contributed by atoms with van der Waals surface area (Å²) in [6, 6.07) is 28.6. The van der Waals surface area contributed by atoms with Crippen LogP contribution in [0.25, 0.3) is 10.8 Å². The summed E-state index contributed by atoms with van der Waals surface area (Å²) >= 11 is 0. The number of carbonyl (C=O) groups is 2. The molecule has 0 aliphatic rings. The van der Waals surface area contributed by atoms with E-state index in [2.05, 4.69) is 12.2 Å². The molecule has 0 saturated heterocycles. The normalized spacial score (nSPS) is 10.6. The molecule has 0 bridgehead atoms. The third-order valence-corrected chi connectivity index (χ3v) is 5.74. The van der Waals surface area contributed by atoms with Crippen molar-refractivity contribution in [2.45, 2.75) is 20.3 Å². The van der Waals surface area contributed by atoms with E-state index in [0.717, 1.165) is 22.9 Å². The Bertz CT molecular complexity index is 1280. The maximum absolute atomic E-state index is 13.3. The molecule has 4 aromatic rings. The summed E-state index contributed by atoms with van der Waals surface area (Å²) in [5, 5.41) is 4.94. The standard InChI is InChI=1S/C29H28N2O3/c1-3-21-12-18-25(19-13-21)34-20-28(32)30-24-16-14-23(15-17-24)29(33)31(4-2)27-11-7-9-22-8-5-6-10-26(22)27/h5-19H,3-4,20H2,1-2H3,(H,30,32). The van der Waals surface area contributed by atoms with Crippen molar-refractivity contribution < 1.29 is 14.3 Å². The van der Waals surface area contributed by atoms with E-state index in [1.807, 2.05) is 73.7 Å². The largest absolute Gasteiger partial charge is 0.484 e. The average molecular weight is 453 g/mol. The molecule has 2 amide bonds. The van der Waals surface area contributed by atoms with Crippen LogP contribution >= 0.6 is 0 Å². The molecule has 0 radical (unpaired) electrons. The number of hydrogen-bond donors (Lipinski definition) is 1. The van der Waals surface area contributed by atoms with Gasteiger partial charge in [0, 0.05) is 23.2 Å². The highest BCUT2D eigenvalue weighted by Gasteiger charge is 2.18. The molecule has 0 spiro atoms. The summed E-state index contributed by atoms with van der Waals surface area (Å²) in [6.07, 6.45) is 0.956. The van der Waals surface area contributed by atoms with E-state index in [1.54, 1.807) is 29.2 Å². The van der Waals surface area contributed by atoms with Gasteiger partial charge in [0.2, 0.25) is 0 Å². The van der Waals surface area contributed by atoms with Crippen LogP contribution in [0.15, 0.2) is 91.0 Å². The van der Waals surface area contributed by atoms with Gasteiger partial charge in [-0.05, 0) is 66.8 Å². The fourth-order valence-electron chi connectivity index (χ4n) is 3.89. The number of anilines is 2. The predicted octanol–water partition coefficient (Wildman–Crippen LogP) is 6.09. The molecular weight excluding hydrogens is 424 g/mol. The van der Waals surface area contributed by atoms with E-state index in [-0.39, 0.29) is 18.4 Å². The molecule has 0 aliphatic heterocycles. The summed E-state index contributed by atoms with van der Waals surface area (Å²) in [6.45, 7) is 4.51. The first-order valence-corrected chi connectivity index (χ1v) is 11.5. The molecule has 4 rings (SSSR count). The van der Waals surface area contributed by atoms with Crippen molar-refractivity contribution in [3.05, 3.63) is 102 Å². The number of fused-ring (bicyclic) bond motifs is 1.